The Morgan fingerprint density at radius 3 is 1.21 bits per heavy atom. The highest BCUT2D eigenvalue weighted by atomic mass is 35.5. The fraction of sp³-hybridized carbons (Fsp3) is 0.314. The van der Waals surface area contributed by atoms with Gasteiger partial charge in [-0.05, 0) is 151 Å². The first-order chi connectivity index (χ1) is 69.1. The van der Waals surface area contributed by atoms with Gasteiger partial charge in [0.1, 0.15) is 56.3 Å². The zero-order valence-corrected chi connectivity index (χ0v) is 80.7. The molecule has 6 N–H and O–H groups in total. The molecule has 9 heterocycles. The topological polar surface area (TPSA) is 335 Å². The van der Waals surface area contributed by atoms with Gasteiger partial charge in [0, 0.05) is 167 Å². The SMILES string of the molecule is CC(=O)c1cn(CC(=O)N2C[C@H](F)C[C@H]2C(=O)Nc2cccc(-c3ccccc3Cl)c2F)c2ccc(C(=O)O)cc12.CC(=O)c1cn(CC(=O)N2C[C@H](F)C[C@H]2C(=O)Nc2cccc(-c3ccccc3Cl)c2F)c2ccc(N=C=O)cc12.CC(=O)c1cn(CC(=O)N2C[C@H](F)C[C@H]2C(=O)Nc2cccc(-c3ccccc3Cl)c2F)c2ccc(NC(=O)N3CCCC(F)(F)C3)cc12.CC1CCCO1.FC1(F)CCCNC1. The Bertz CT molecular complexity index is 6800. The molecule has 0 aliphatic carbocycles. The quantitative estimate of drug-likeness (QED) is 0.0168. The number of hydrogen-bond donors (Lipinski definition) is 6. The molecule has 3 aromatic heterocycles. The Morgan fingerprint density at radius 2 is 0.862 bits per heavy atom. The maximum absolute atomic E-state index is 15.5. The normalized spacial score (nSPS) is 18.7. The molecule has 6 aliphatic rings. The number of ketones is 3. The number of isocyanates is 1. The summed E-state index contributed by atoms with van der Waals surface area (Å²) in [6.07, 6.45) is 4.21. The van der Waals surface area contributed by atoms with Crippen LogP contribution in [0.5, 0.6) is 0 Å². The molecule has 145 heavy (non-hydrogen) atoms. The fourth-order valence-electron chi connectivity index (χ4n) is 18.2. The molecule has 758 valence electrons. The van der Waals surface area contributed by atoms with Crippen molar-refractivity contribution in [2.75, 3.05) is 73.7 Å². The number of hydrogen-bond acceptors (Lipinski definition) is 15. The summed E-state index contributed by atoms with van der Waals surface area (Å²) in [6.45, 7) is 5.25. The summed E-state index contributed by atoms with van der Waals surface area (Å²) >= 11 is 18.7. The number of aromatic nitrogens is 3. The molecule has 1 unspecified atom stereocenters. The van der Waals surface area contributed by atoms with E-state index in [2.05, 4.69) is 38.5 Å². The first-order valence-corrected chi connectivity index (χ1v) is 47.5. The summed E-state index contributed by atoms with van der Waals surface area (Å²) in [4.78, 5) is 160. The van der Waals surface area contributed by atoms with E-state index in [1.54, 1.807) is 103 Å². The Morgan fingerprint density at radius 1 is 0.476 bits per heavy atom. The number of benzene rings is 9. The monoisotopic (exact) mass is 2060 g/mol. The number of Topliss-reactive ketones (excluding diaryl/α,β-unsaturated/α-hetero) is 3. The lowest BCUT2D eigenvalue weighted by atomic mass is 10.0. The van der Waals surface area contributed by atoms with Gasteiger partial charge < -0.3 is 69.7 Å². The van der Waals surface area contributed by atoms with Gasteiger partial charge in [-0.1, -0.05) is 126 Å². The predicted molar refractivity (Wildman–Crippen MR) is 529 cm³/mol. The molecule has 6 saturated heterocycles. The molecule has 6 fully saturated rings. The summed E-state index contributed by atoms with van der Waals surface area (Å²) in [5.41, 5.74) is 4.07. The van der Waals surface area contributed by atoms with E-state index < -0.39 is 120 Å². The van der Waals surface area contributed by atoms with Gasteiger partial charge in [-0.3, -0.25) is 43.2 Å². The van der Waals surface area contributed by atoms with Gasteiger partial charge in [0.05, 0.1) is 67.1 Å². The molecular weight excluding hydrogens is 1960 g/mol. The number of carbonyl (C=O) groups excluding carboxylic acids is 11. The molecule has 0 radical (unpaired) electrons. The molecule has 9 aromatic carbocycles. The van der Waals surface area contributed by atoms with Crippen LogP contribution in [0, 0.1) is 17.5 Å². The number of carboxylic acids is 1. The van der Waals surface area contributed by atoms with E-state index in [0.29, 0.717) is 88.2 Å². The summed E-state index contributed by atoms with van der Waals surface area (Å²) in [5, 5.41) is 24.3. The number of alkyl halides is 7. The van der Waals surface area contributed by atoms with Gasteiger partial charge in [0.2, 0.25) is 41.5 Å². The summed E-state index contributed by atoms with van der Waals surface area (Å²) < 4.78 is 152. The number of urea groups is 1. The highest BCUT2D eigenvalue weighted by molar-refractivity contribution is 6.34. The molecule has 6 aliphatic heterocycles. The smallest absolute Gasteiger partial charge is 0.335 e. The Kier molecular flexibility index (Phi) is 34.2. The maximum atomic E-state index is 15.5. The van der Waals surface area contributed by atoms with Crippen molar-refractivity contribution in [2.45, 2.75) is 160 Å². The minimum atomic E-state index is -2.97. The summed E-state index contributed by atoms with van der Waals surface area (Å²) in [6, 6.07) is 42.4. The number of likely N-dealkylation sites (tertiary alicyclic amines) is 4. The fourth-order valence-corrected chi connectivity index (χ4v) is 18.9. The Balaban J connectivity index is 0.000000161. The lowest BCUT2D eigenvalue weighted by molar-refractivity contribution is -0.137. The van der Waals surface area contributed by atoms with E-state index in [1.165, 1.54) is 151 Å². The van der Waals surface area contributed by atoms with E-state index >= 15 is 13.2 Å². The number of halogens is 13. The van der Waals surface area contributed by atoms with Crippen LogP contribution in [0.4, 0.5) is 77.1 Å². The van der Waals surface area contributed by atoms with Crippen LogP contribution in [0.15, 0.2) is 206 Å². The number of nitrogens with zero attached hydrogens (tertiary/aromatic N) is 8. The van der Waals surface area contributed by atoms with Crippen LogP contribution in [0.3, 0.4) is 0 Å². The van der Waals surface area contributed by atoms with Crippen LogP contribution in [-0.4, -0.2) is 216 Å². The number of nitrogens with one attached hydrogen (secondary N) is 5. The average molecular weight is 2060 g/mol. The van der Waals surface area contributed by atoms with Gasteiger partial charge in [0.25, 0.3) is 11.8 Å². The largest absolute Gasteiger partial charge is 0.478 e. The van der Waals surface area contributed by atoms with E-state index in [-0.39, 0.29) is 164 Å². The average Bonchev–Trinajstić information content (AvgIpc) is 1.66. The van der Waals surface area contributed by atoms with Crippen molar-refractivity contribution < 1.29 is 111 Å². The van der Waals surface area contributed by atoms with E-state index in [0.717, 1.165) is 32.8 Å². The molecule has 40 heteroatoms. The Hall–Kier alpha value is -14.4. The number of ether oxygens (including phenoxy) is 1. The van der Waals surface area contributed by atoms with Gasteiger partial charge >= 0.3 is 12.0 Å². The minimum Gasteiger partial charge on any atom is -0.478 e. The Labute approximate surface area is 839 Å². The van der Waals surface area contributed by atoms with Crippen LogP contribution in [0.1, 0.15) is 127 Å². The number of aromatic carboxylic acids is 1. The standard InChI is InChI=1S/C35H32ClF4N5O4.C30H23ClF2N4O4.C30H24ClF2N3O5.C5H9F2N.C5H10O/c1-20(46)26-17-44(29-11-10-22(15-25(26)29)41-34(49)43-13-5-12-35(39,40)19-43)18-31(47)45-16-21(37)14-30(45)33(48)42-28-9-4-7-24(32(28)38)23-6-2-3-8-27(23)36;1-17(39)23-14-36(26-10-9-19(34-16-38)12-22(23)26)15-28(40)37-13-18(32)11-27(37)30(41)35-25-8-4-6-21(29(25)33)20-5-2-3-7-24(20)31;1-16(37)22-14-35(25-10-9-17(30(40)41)11-21(22)25)15-27(38)36-13-18(32)12-26(36)29(39)34-24-8-4-6-20(28(24)33)19-5-2-3-7-23(19)31;6-5(7)2-1-3-8-4-5;1-5-3-2-4-6-5/h2-4,6-11,15,17,21,30H,5,12-14,16,18-19H2,1H3,(H,41,49)(H,42,48);2-10,12,14,18,27H,11,13,15H2,1H3,(H,35,41);2-11,14,18,26H,12-13,15H2,1H3,(H,34,39)(H,40,41);8H,1-4H2;5H,2-4H2,1H3/t21-,30+;18-,27+;18-,26+;;/m111../s1. The third-order valence-electron chi connectivity index (χ3n) is 25.4. The highest BCUT2D eigenvalue weighted by Crippen LogP contribution is 2.41. The lowest BCUT2D eigenvalue weighted by Crippen LogP contribution is -2.47. The first-order valence-electron chi connectivity index (χ1n) is 46.3. The van der Waals surface area contributed by atoms with Crippen molar-refractivity contribution in [2.24, 2.45) is 4.99 Å². The first kappa shape index (κ1) is 106. The van der Waals surface area contributed by atoms with Gasteiger partial charge in [-0.2, -0.15) is 4.99 Å². The third-order valence-corrected chi connectivity index (χ3v) is 26.3. The predicted octanol–water partition coefficient (Wildman–Crippen LogP) is 20.8. The third kappa shape index (κ3) is 25.5. The van der Waals surface area contributed by atoms with Crippen LogP contribution >= 0.6 is 34.8 Å². The van der Waals surface area contributed by atoms with Crippen molar-refractivity contribution in [1.82, 2.24) is 38.6 Å². The number of amides is 8. The number of carbonyl (C=O) groups is 11. The molecule has 0 spiro atoms. The second kappa shape index (κ2) is 46.6. The molecule has 27 nitrogen and oxygen atoms in total. The number of piperidine rings is 2. The molecule has 18 rings (SSSR count). The summed E-state index contributed by atoms with van der Waals surface area (Å²) in [5.74, 6) is -13.7. The molecule has 12 aromatic rings. The van der Waals surface area contributed by atoms with Crippen molar-refractivity contribution in [3.63, 3.8) is 0 Å². The zero-order chi connectivity index (χ0) is 104. The summed E-state index contributed by atoms with van der Waals surface area (Å²) in [7, 11) is 0. The molecule has 0 saturated carbocycles. The highest BCUT2D eigenvalue weighted by Gasteiger charge is 2.45. The van der Waals surface area contributed by atoms with Crippen LogP contribution in [0.2, 0.25) is 15.1 Å². The van der Waals surface area contributed by atoms with Crippen LogP contribution in [-0.2, 0) is 57.9 Å². The van der Waals surface area contributed by atoms with E-state index in [9.17, 15) is 93.4 Å². The molecule has 7 atom stereocenters. The zero-order valence-electron chi connectivity index (χ0n) is 78.5. The van der Waals surface area contributed by atoms with Gasteiger partial charge in [-0.15, -0.1) is 0 Å². The van der Waals surface area contributed by atoms with Crippen molar-refractivity contribution >= 4 is 167 Å². The number of rotatable bonds is 21. The second-order valence-electron chi connectivity index (χ2n) is 35.7. The number of fused-ring (bicyclic) bond motifs is 3. The lowest BCUT2D eigenvalue weighted by Gasteiger charge is -2.32. The van der Waals surface area contributed by atoms with E-state index in [4.69, 9.17) is 39.5 Å². The maximum Gasteiger partial charge on any atom is 0.335 e. The van der Waals surface area contributed by atoms with Gasteiger partial charge in [0.15, 0.2) is 34.8 Å². The number of carboxylic acid groups (broad SMARTS) is 1. The van der Waals surface area contributed by atoms with Crippen LogP contribution in [0.25, 0.3) is 66.1 Å². The minimum absolute atomic E-state index is 0.0218. The van der Waals surface area contributed by atoms with Gasteiger partial charge in [-0.25, -0.2) is 58.3 Å². The number of aliphatic imine (C=N–C) groups is 1. The van der Waals surface area contributed by atoms with Crippen LogP contribution < -0.4 is 26.6 Å². The van der Waals surface area contributed by atoms with Crippen molar-refractivity contribution in [1.29, 1.82) is 0 Å². The van der Waals surface area contributed by atoms with E-state index in [1.807, 2.05) is 0 Å². The molecule has 0 bridgehead atoms. The van der Waals surface area contributed by atoms with Crippen molar-refractivity contribution in [3.8, 4) is 33.4 Å². The number of anilines is 4. The molecular formula is C105H98Cl3F10N13O14. The molecule has 8 amide bonds. The second-order valence-corrected chi connectivity index (χ2v) is 36.9. The van der Waals surface area contributed by atoms with Crippen molar-refractivity contribution in [3.05, 3.63) is 255 Å².